The number of aliphatic hydroxyl groups is 1. The molecule has 1 aromatic heterocycles. The fourth-order valence-corrected chi connectivity index (χ4v) is 2.40. The maximum Gasteiger partial charge on any atom is 0.110 e. The molecule has 0 spiro atoms. The number of aromatic nitrogens is 1. The molecule has 1 unspecified atom stereocenters. The van der Waals surface area contributed by atoms with Gasteiger partial charge in [0.15, 0.2) is 0 Å². The SMILES string of the molecule is CC(CO)CSc1ncc(N)cc1Br. The van der Waals surface area contributed by atoms with Crippen LogP contribution >= 0.6 is 27.7 Å². The Morgan fingerprint density at radius 2 is 2.43 bits per heavy atom. The van der Waals surface area contributed by atoms with Crippen LogP contribution in [0.15, 0.2) is 21.8 Å². The van der Waals surface area contributed by atoms with Crippen molar-refractivity contribution in [2.45, 2.75) is 11.9 Å². The van der Waals surface area contributed by atoms with Gasteiger partial charge in [0.2, 0.25) is 0 Å². The summed E-state index contributed by atoms with van der Waals surface area (Å²) in [5.74, 6) is 1.14. The Bertz CT molecular complexity index is 309. The van der Waals surface area contributed by atoms with Crippen molar-refractivity contribution in [3.8, 4) is 0 Å². The summed E-state index contributed by atoms with van der Waals surface area (Å²) in [7, 11) is 0. The minimum absolute atomic E-state index is 0.208. The van der Waals surface area contributed by atoms with Gasteiger partial charge in [-0.2, -0.15) is 0 Å². The Labute approximate surface area is 96.2 Å². The number of rotatable bonds is 4. The number of anilines is 1. The molecule has 0 aliphatic rings. The lowest BCUT2D eigenvalue weighted by Crippen LogP contribution is -2.03. The van der Waals surface area contributed by atoms with Gasteiger partial charge < -0.3 is 10.8 Å². The van der Waals surface area contributed by atoms with Crippen LogP contribution in [0.1, 0.15) is 6.92 Å². The van der Waals surface area contributed by atoms with Gasteiger partial charge >= 0.3 is 0 Å². The van der Waals surface area contributed by atoms with Crippen molar-refractivity contribution >= 4 is 33.4 Å². The first-order chi connectivity index (χ1) is 6.63. The van der Waals surface area contributed by atoms with E-state index in [1.807, 2.05) is 13.0 Å². The Kier molecular flexibility index (Phi) is 4.71. The van der Waals surface area contributed by atoms with Crippen LogP contribution in [0.3, 0.4) is 0 Å². The van der Waals surface area contributed by atoms with Crippen molar-refractivity contribution in [1.82, 2.24) is 4.98 Å². The first-order valence-corrected chi connectivity index (χ1v) is 6.06. The summed E-state index contributed by atoms with van der Waals surface area (Å²) in [5.41, 5.74) is 6.22. The van der Waals surface area contributed by atoms with Gasteiger partial charge in [-0.3, -0.25) is 0 Å². The summed E-state index contributed by atoms with van der Waals surface area (Å²) in [5, 5.41) is 9.78. The number of hydrogen-bond donors (Lipinski definition) is 2. The molecule has 0 saturated carbocycles. The van der Waals surface area contributed by atoms with E-state index in [1.54, 1.807) is 18.0 Å². The highest BCUT2D eigenvalue weighted by Crippen LogP contribution is 2.27. The number of nitrogens with zero attached hydrogens (tertiary/aromatic N) is 1. The van der Waals surface area contributed by atoms with Crippen LogP contribution < -0.4 is 5.73 Å². The van der Waals surface area contributed by atoms with Crippen molar-refractivity contribution in [3.63, 3.8) is 0 Å². The zero-order valence-electron chi connectivity index (χ0n) is 7.90. The predicted octanol–water partition coefficient (Wildman–Crippen LogP) is 2.15. The van der Waals surface area contributed by atoms with Crippen molar-refractivity contribution in [1.29, 1.82) is 0 Å². The van der Waals surface area contributed by atoms with Gasteiger partial charge in [0, 0.05) is 12.4 Å². The minimum Gasteiger partial charge on any atom is -0.397 e. The smallest absolute Gasteiger partial charge is 0.110 e. The Morgan fingerprint density at radius 1 is 1.71 bits per heavy atom. The van der Waals surface area contributed by atoms with Crippen LogP contribution in [0, 0.1) is 5.92 Å². The summed E-state index contributed by atoms with van der Waals surface area (Å²) in [6.07, 6.45) is 1.64. The van der Waals surface area contributed by atoms with E-state index >= 15 is 0 Å². The van der Waals surface area contributed by atoms with Crippen molar-refractivity contribution in [3.05, 3.63) is 16.7 Å². The Hall–Kier alpha value is -0.260. The van der Waals surface area contributed by atoms with Crippen molar-refractivity contribution < 1.29 is 5.11 Å². The second-order valence-corrected chi connectivity index (χ2v) is 5.02. The number of hydrogen-bond acceptors (Lipinski definition) is 4. The summed E-state index contributed by atoms with van der Waals surface area (Å²) >= 11 is 5.01. The molecule has 0 bridgehead atoms. The van der Waals surface area contributed by atoms with Gasteiger partial charge in [0.1, 0.15) is 5.03 Å². The molecule has 0 fully saturated rings. The van der Waals surface area contributed by atoms with E-state index in [-0.39, 0.29) is 12.5 Å². The van der Waals surface area contributed by atoms with Crippen molar-refractivity contribution in [2.75, 3.05) is 18.1 Å². The number of nitrogens with two attached hydrogens (primary N) is 1. The zero-order chi connectivity index (χ0) is 10.6. The highest BCUT2D eigenvalue weighted by atomic mass is 79.9. The van der Waals surface area contributed by atoms with Crippen LogP contribution in [-0.4, -0.2) is 22.5 Å². The topological polar surface area (TPSA) is 59.1 Å². The molecule has 3 N–H and O–H groups in total. The van der Waals surface area contributed by atoms with Crippen molar-refractivity contribution in [2.24, 2.45) is 5.92 Å². The van der Waals surface area contributed by atoms with Crippen LogP contribution in [0.4, 0.5) is 5.69 Å². The molecule has 0 radical (unpaired) electrons. The molecule has 3 nitrogen and oxygen atoms in total. The van der Waals surface area contributed by atoms with Crippen LogP contribution in [0.25, 0.3) is 0 Å². The quantitative estimate of drug-likeness (QED) is 0.828. The highest BCUT2D eigenvalue weighted by Gasteiger charge is 2.05. The van der Waals surface area contributed by atoms with E-state index in [2.05, 4.69) is 20.9 Å². The molecule has 1 heterocycles. The first-order valence-electron chi connectivity index (χ1n) is 4.28. The van der Waals surface area contributed by atoms with E-state index in [4.69, 9.17) is 10.8 Å². The lowest BCUT2D eigenvalue weighted by molar-refractivity contribution is 0.250. The summed E-state index contributed by atoms with van der Waals surface area (Å²) < 4.78 is 0.910. The molecule has 14 heavy (non-hydrogen) atoms. The first kappa shape index (κ1) is 11.8. The lowest BCUT2D eigenvalue weighted by atomic mass is 10.2. The summed E-state index contributed by atoms with van der Waals surface area (Å²) in [6, 6.07) is 1.83. The third-order valence-electron chi connectivity index (χ3n) is 1.64. The number of thioether (sulfide) groups is 1. The Morgan fingerprint density at radius 3 is 3.00 bits per heavy atom. The maximum absolute atomic E-state index is 8.86. The molecular formula is C9H13BrN2OS. The average molecular weight is 277 g/mol. The standard InChI is InChI=1S/C9H13BrN2OS/c1-6(4-13)5-14-9-8(10)2-7(11)3-12-9/h2-3,6,13H,4-5,11H2,1H3. The highest BCUT2D eigenvalue weighted by molar-refractivity contribution is 9.10. The molecule has 0 aliphatic carbocycles. The van der Waals surface area contributed by atoms with Gasteiger partial charge in [-0.1, -0.05) is 6.92 Å². The van der Waals surface area contributed by atoms with Gasteiger partial charge in [-0.15, -0.1) is 11.8 Å². The fraction of sp³-hybridized carbons (Fsp3) is 0.444. The van der Waals surface area contributed by atoms with Crippen LogP contribution in [-0.2, 0) is 0 Å². The molecule has 78 valence electrons. The maximum atomic E-state index is 8.86. The largest absolute Gasteiger partial charge is 0.397 e. The monoisotopic (exact) mass is 276 g/mol. The number of nitrogen functional groups attached to an aromatic ring is 1. The number of pyridine rings is 1. The molecule has 0 amide bonds. The van der Waals surface area contributed by atoms with Gasteiger partial charge in [-0.25, -0.2) is 4.98 Å². The van der Waals surface area contributed by atoms with Crippen LogP contribution in [0.2, 0.25) is 0 Å². The molecule has 0 aliphatic heterocycles. The molecule has 1 rings (SSSR count). The van der Waals surface area contributed by atoms with E-state index < -0.39 is 0 Å². The molecular weight excluding hydrogens is 264 g/mol. The number of aliphatic hydroxyl groups excluding tert-OH is 1. The minimum atomic E-state index is 0.208. The molecule has 0 saturated heterocycles. The van der Waals surface area contributed by atoms with Gasteiger partial charge in [0.05, 0.1) is 16.4 Å². The average Bonchev–Trinajstić information content (AvgIpc) is 2.16. The Balaban J connectivity index is 2.59. The van der Waals surface area contributed by atoms with E-state index in [9.17, 15) is 0 Å². The zero-order valence-corrected chi connectivity index (χ0v) is 10.3. The van der Waals surface area contributed by atoms with Gasteiger partial charge in [-0.05, 0) is 27.9 Å². The molecule has 5 heteroatoms. The molecule has 1 aromatic rings. The third-order valence-corrected chi connectivity index (χ3v) is 3.85. The second-order valence-electron chi connectivity index (χ2n) is 3.15. The number of halogens is 1. The third kappa shape index (κ3) is 3.48. The lowest BCUT2D eigenvalue weighted by Gasteiger charge is -2.07. The van der Waals surface area contributed by atoms with E-state index in [0.717, 1.165) is 15.3 Å². The summed E-state index contributed by atoms with van der Waals surface area (Å²) in [6.45, 7) is 2.21. The van der Waals surface area contributed by atoms with E-state index in [1.165, 1.54) is 0 Å². The second kappa shape index (κ2) is 5.58. The van der Waals surface area contributed by atoms with Crippen LogP contribution in [0.5, 0.6) is 0 Å². The summed E-state index contributed by atoms with van der Waals surface area (Å²) in [4.78, 5) is 4.19. The molecule has 1 atom stereocenters. The predicted molar refractivity (Wildman–Crippen MR) is 63.3 cm³/mol. The normalized spacial score (nSPS) is 12.8. The molecule has 0 aromatic carbocycles. The van der Waals surface area contributed by atoms with E-state index in [0.29, 0.717) is 5.69 Å². The van der Waals surface area contributed by atoms with Gasteiger partial charge in [0.25, 0.3) is 0 Å². The fourth-order valence-electron chi connectivity index (χ4n) is 0.820.